The molecule has 0 bridgehead atoms. The first kappa shape index (κ1) is 14.3. The Labute approximate surface area is 133 Å². The van der Waals surface area contributed by atoms with Gasteiger partial charge in [0.05, 0.1) is 13.2 Å². The smallest absolute Gasteiger partial charge is 0.163 e. The molecule has 4 heteroatoms. The lowest BCUT2D eigenvalue weighted by atomic mass is 10.1. The maximum absolute atomic E-state index is 5.73. The Morgan fingerprint density at radius 1 is 1.05 bits per heavy atom. The molecule has 0 amide bonds. The van der Waals surface area contributed by atoms with Crippen LogP contribution in [0.5, 0.6) is 11.5 Å². The van der Waals surface area contributed by atoms with Crippen LogP contribution < -0.4 is 14.8 Å². The highest BCUT2D eigenvalue weighted by atomic mass is 79.9. The number of nitrogens with one attached hydrogen (secondary N) is 1. The molecule has 1 heterocycles. The zero-order valence-corrected chi connectivity index (χ0v) is 13.5. The molecule has 0 fully saturated rings. The highest BCUT2D eigenvalue weighted by molar-refractivity contribution is 9.10. The fourth-order valence-corrected chi connectivity index (χ4v) is 3.04. The summed E-state index contributed by atoms with van der Waals surface area (Å²) in [5.74, 6) is 1.64. The fraction of sp³-hybridized carbons (Fsp3) is 0.294. The summed E-state index contributed by atoms with van der Waals surface area (Å²) < 4.78 is 12.5. The van der Waals surface area contributed by atoms with Gasteiger partial charge in [0.1, 0.15) is 0 Å². The Morgan fingerprint density at radius 2 is 1.81 bits per heavy atom. The fourth-order valence-electron chi connectivity index (χ4n) is 2.41. The molecular formula is C17H18BrNO2. The first-order valence-electron chi connectivity index (χ1n) is 7.14. The lowest BCUT2D eigenvalue weighted by molar-refractivity contribution is 0.297. The van der Waals surface area contributed by atoms with Gasteiger partial charge >= 0.3 is 0 Å². The van der Waals surface area contributed by atoms with Gasteiger partial charge in [-0.2, -0.15) is 0 Å². The van der Waals surface area contributed by atoms with Crippen molar-refractivity contribution >= 4 is 21.6 Å². The molecule has 2 aromatic carbocycles. The first-order valence-corrected chi connectivity index (χ1v) is 7.94. The van der Waals surface area contributed by atoms with Gasteiger partial charge in [-0.3, -0.25) is 0 Å². The van der Waals surface area contributed by atoms with E-state index in [1.807, 2.05) is 30.3 Å². The van der Waals surface area contributed by atoms with Gasteiger partial charge in [0.15, 0.2) is 11.5 Å². The minimum Gasteiger partial charge on any atom is -0.490 e. The lowest BCUT2D eigenvalue weighted by Crippen LogP contribution is -2.07. The number of hydrogen-bond donors (Lipinski definition) is 1. The van der Waals surface area contributed by atoms with Gasteiger partial charge in [0, 0.05) is 28.7 Å². The summed E-state index contributed by atoms with van der Waals surface area (Å²) in [5.41, 5.74) is 2.26. The van der Waals surface area contributed by atoms with E-state index in [2.05, 4.69) is 40.3 Å². The topological polar surface area (TPSA) is 30.5 Å². The Kier molecular flexibility index (Phi) is 4.34. The van der Waals surface area contributed by atoms with Gasteiger partial charge in [-0.1, -0.05) is 34.1 Å². The standard InChI is InChI=1S/C17H18BrNO2/c1-12(14-5-2-3-6-15(14)18)19-13-7-8-16-17(11-13)21-10-4-9-20-16/h2-3,5-8,11-12,19H,4,9-10H2,1H3. The van der Waals surface area contributed by atoms with E-state index >= 15 is 0 Å². The van der Waals surface area contributed by atoms with E-state index in [0.717, 1.165) is 28.1 Å². The van der Waals surface area contributed by atoms with Crippen LogP contribution in [0.25, 0.3) is 0 Å². The normalized spacial score (nSPS) is 15.1. The molecule has 0 saturated carbocycles. The molecule has 3 rings (SSSR count). The lowest BCUT2D eigenvalue weighted by Gasteiger charge is -2.18. The Balaban J connectivity index is 1.79. The maximum Gasteiger partial charge on any atom is 0.163 e. The van der Waals surface area contributed by atoms with Crippen molar-refractivity contribution in [2.45, 2.75) is 19.4 Å². The third-order valence-corrected chi connectivity index (χ3v) is 4.22. The second kappa shape index (κ2) is 6.39. The summed E-state index contributed by atoms with van der Waals surface area (Å²) in [6.45, 7) is 3.56. The van der Waals surface area contributed by atoms with Gasteiger partial charge in [-0.05, 0) is 30.7 Å². The first-order chi connectivity index (χ1) is 10.2. The van der Waals surface area contributed by atoms with Gasteiger partial charge in [0.2, 0.25) is 0 Å². The molecule has 0 spiro atoms. The third kappa shape index (κ3) is 3.32. The highest BCUT2D eigenvalue weighted by Crippen LogP contribution is 2.34. The van der Waals surface area contributed by atoms with Crippen LogP contribution >= 0.6 is 15.9 Å². The van der Waals surface area contributed by atoms with Gasteiger partial charge in [-0.25, -0.2) is 0 Å². The van der Waals surface area contributed by atoms with E-state index in [1.54, 1.807) is 0 Å². The van der Waals surface area contributed by atoms with E-state index < -0.39 is 0 Å². The van der Waals surface area contributed by atoms with E-state index in [1.165, 1.54) is 5.56 Å². The van der Waals surface area contributed by atoms with Crippen LogP contribution in [0.4, 0.5) is 5.69 Å². The highest BCUT2D eigenvalue weighted by Gasteiger charge is 2.13. The quantitative estimate of drug-likeness (QED) is 0.866. The van der Waals surface area contributed by atoms with Crippen molar-refractivity contribution in [2.24, 2.45) is 0 Å². The van der Waals surface area contributed by atoms with Crippen molar-refractivity contribution in [3.63, 3.8) is 0 Å². The number of benzene rings is 2. The Bertz CT molecular complexity index is 630. The van der Waals surface area contributed by atoms with Crippen LogP contribution in [0.2, 0.25) is 0 Å². The zero-order valence-electron chi connectivity index (χ0n) is 11.9. The van der Waals surface area contributed by atoms with Crippen LogP contribution in [-0.4, -0.2) is 13.2 Å². The molecular weight excluding hydrogens is 330 g/mol. The zero-order chi connectivity index (χ0) is 14.7. The number of hydrogen-bond acceptors (Lipinski definition) is 3. The van der Waals surface area contributed by atoms with Gasteiger partial charge in [0.25, 0.3) is 0 Å². The molecule has 0 aliphatic carbocycles. The van der Waals surface area contributed by atoms with Crippen LogP contribution in [0.15, 0.2) is 46.9 Å². The van der Waals surface area contributed by atoms with Gasteiger partial charge in [-0.15, -0.1) is 0 Å². The molecule has 2 aromatic rings. The number of fused-ring (bicyclic) bond motifs is 1. The second-order valence-corrected chi connectivity index (χ2v) is 5.95. The van der Waals surface area contributed by atoms with Crippen molar-refractivity contribution in [2.75, 3.05) is 18.5 Å². The molecule has 1 aliphatic rings. The molecule has 110 valence electrons. The largest absolute Gasteiger partial charge is 0.490 e. The van der Waals surface area contributed by atoms with Crippen LogP contribution in [0.3, 0.4) is 0 Å². The molecule has 21 heavy (non-hydrogen) atoms. The van der Waals surface area contributed by atoms with E-state index in [4.69, 9.17) is 9.47 Å². The molecule has 0 radical (unpaired) electrons. The molecule has 1 N–H and O–H groups in total. The van der Waals surface area contributed by atoms with Crippen LogP contribution in [0, 0.1) is 0 Å². The summed E-state index contributed by atoms with van der Waals surface area (Å²) in [4.78, 5) is 0. The van der Waals surface area contributed by atoms with Crippen molar-refractivity contribution in [1.82, 2.24) is 0 Å². The minimum absolute atomic E-state index is 0.199. The SMILES string of the molecule is CC(Nc1ccc2c(c1)OCCCO2)c1ccccc1Br. The molecule has 3 nitrogen and oxygen atoms in total. The van der Waals surface area contributed by atoms with Crippen molar-refractivity contribution in [1.29, 1.82) is 0 Å². The van der Waals surface area contributed by atoms with Crippen LogP contribution in [-0.2, 0) is 0 Å². The second-order valence-electron chi connectivity index (χ2n) is 5.10. The van der Waals surface area contributed by atoms with E-state index in [-0.39, 0.29) is 6.04 Å². The average Bonchev–Trinajstić information content (AvgIpc) is 2.72. The number of ether oxygens (including phenoxy) is 2. The van der Waals surface area contributed by atoms with Crippen molar-refractivity contribution in [3.8, 4) is 11.5 Å². The molecule has 1 aliphatic heterocycles. The summed E-state index contributed by atoms with van der Waals surface area (Å²) in [7, 11) is 0. The average molecular weight is 348 g/mol. The summed E-state index contributed by atoms with van der Waals surface area (Å²) >= 11 is 3.60. The predicted molar refractivity (Wildman–Crippen MR) is 88.2 cm³/mol. The Morgan fingerprint density at radius 3 is 2.62 bits per heavy atom. The number of rotatable bonds is 3. The van der Waals surface area contributed by atoms with Crippen molar-refractivity contribution < 1.29 is 9.47 Å². The molecule has 1 unspecified atom stereocenters. The van der Waals surface area contributed by atoms with Crippen molar-refractivity contribution in [3.05, 3.63) is 52.5 Å². The molecule has 1 atom stereocenters. The van der Waals surface area contributed by atoms with E-state index in [9.17, 15) is 0 Å². The van der Waals surface area contributed by atoms with Crippen LogP contribution in [0.1, 0.15) is 24.9 Å². The number of anilines is 1. The molecule has 0 saturated heterocycles. The third-order valence-electron chi connectivity index (χ3n) is 3.50. The maximum atomic E-state index is 5.73. The Hall–Kier alpha value is -1.68. The predicted octanol–water partition coefficient (Wildman–Crippen LogP) is 4.78. The summed E-state index contributed by atoms with van der Waals surface area (Å²) in [6.07, 6.45) is 0.921. The minimum atomic E-state index is 0.199. The number of halogens is 1. The summed E-state index contributed by atoms with van der Waals surface area (Å²) in [6, 6.07) is 14.4. The molecule has 0 aromatic heterocycles. The summed E-state index contributed by atoms with van der Waals surface area (Å²) in [5, 5.41) is 3.50. The van der Waals surface area contributed by atoms with E-state index in [0.29, 0.717) is 13.2 Å². The van der Waals surface area contributed by atoms with Gasteiger partial charge < -0.3 is 14.8 Å². The monoisotopic (exact) mass is 347 g/mol.